The van der Waals surface area contributed by atoms with Crippen molar-refractivity contribution in [1.29, 1.82) is 0 Å². The molecule has 0 unspecified atom stereocenters. The fourth-order valence-corrected chi connectivity index (χ4v) is 3.78. The van der Waals surface area contributed by atoms with Crippen LogP contribution in [0.5, 0.6) is 0 Å². The molecule has 0 aromatic carbocycles. The molecule has 1 aliphatic carbocycles. The first-order chi connectivity index (χ1) is 9.04. The van der Waals surface area contributed by atoms with Crippen LogP contribution in [0.25, 0.3) is 0 Å². The van der Waals surface area contributed by atoms with Crippen LogP contribution in [0.2, 0.25) is 0 Å². The molecule has 0 amide bonds. The molecule has 1 aliphatic rings. The van der Waals surface area contributed by atoms with Crippen molar-refractivity contribution >= 4 is 15.6 Å². The topological polar surface area (TPSA) is 77.2 Å². The predicted octanol–water partition coefficient (Wildman–Crippen LogP) is 2.31. The van der Waals surface area contributed by atoms with E-state index in [0.29, 0.717) is 12.5 Å². The molecule has 0 bridgehead atoms. The van der Waals surface area contributed by atoms with Gasteiger partial charge in [0.15, 0.2) is 9.84 Å². The lowest BCUT2D eigenvalue weighted by Gasteiger charge is -2.37. The summed E-state index contributed by atoms with van der Waals surface area (Å²) >= 11 is 0. The fraction of sp³-hybridized carbons (Fsp3) is 0.933. The van der Waals surface area contributed by atoms with Crippen molar-refractivity contribution < 1.29 is 13.2 Å². The predicted molar refractivity (Wildman–Crippen MR) is 82.3 cm³/mol. The first-order valence-electron chi connectivity index (χ1n) is 7.50. The van der Waals surface area contributed by atoms with Gasteiger partial charge in [-0.1, -0.05) is 6.92 Å². The van der Waals surface area contributed by atoms with E-state index in [1.54, 1.807) is 20.8 Å². The Morgan fingerprint density at radius 3 is 2.15 bits per heavy atom. The molecule has 2 N–H and O–H groups in total. The molecular weight excluding hydrogens is 274 g/mol. The second-order valence-corrected chi connectivity index (χ2v) is 10.1. The fourth-order valence-electron chi connectivity index (χ4n) is 2.71. The maximum absolute atomic E-state index is 12.5. The van der Waals surface area contributed by atoms with Crippen molar-refractivity contribution in [3.05, 3.63) is 0 Å². The molecule has 118 valence electrons. The maximum Gasteiger partial charge on any atom is 0.155 e. The lowest BCUT2D eigenvalue weighted by molar-refractivity contribution is -0.130. The molecule has 0 heterocycles. The first-order valence-corrected chi connectivity index (χ1v) is 9.15. The van der Waals surface area contributed by atoms with Gasteiger partial charge in [0.2, 0.25) is 0 Å². The standard InChI is InChI=1S/C15H29NO3S/c1-12-5-8-15(11-16,9-6-12)13(17)7-10-20(18,19)14(2,3)4/h12H,5-11,16H2,1-4H3. The molecule has 0 saturated heterocycles. The number of carbonyl (C=O) groups is 1. The summed E-state index contributed by atoms with van der Waals surface area (Å²) in [5, 5.41) is 0. The summed E-state index contributed by atoms with van der Waals surface area (Å²) in [5.41, 5.74) is 5.37. The number of Topliss-reactive ketones (excluding diaryl/α,β-unsaturated/α-hetero) is 1. The first kappa shape index (κ1) is 17.6. The molecule has 20 heavy (non-hydrogen) atoms. The molecule has 4 nitrogen and oxygen atoms in total. The Morgan fingerprint density at radius 1 is 1.25 bits per heavy atom. The van der Waals surface area contributed by atoms with Gasteiger partial charge in [-0.05, 0) is 52.4 Å². The number of carbonyl (C=O) groups excluding carboxylic acids is 1. The molecule has 1 rings (SSSR count). The van der Waals surface area contributed by atoms with Gasteiger partial charge < -0.3 is 5.73 Å². The average Bonchev–Trinajstić information content (AvgIpc) is 2.36. The van der Waals surface area contributed by atoms with Crippen molar-refractivity contribution in [2.45, 2.75) is 64.5 Å². The Morgan fingerprint density at radius 2 is 1.75 bits per heavy atom. The Balaban J connectivity index is 2.71. The van der Waals surface area contributed by atoms with Crippen molar-refractivity contribution in [3.63, 3.8) is 0 Å². The molecule has 0 aromatic rings. The molecule has 1 fully saturated rings. The number of ketones is 1. The third-order valence-corrected chi connectivity index (χ3v) is 7.35. The van der Waals surface area contributed by atoms with E-state index in [4.69, 9.17) is 5.73 Å². The lowest BCUT2D eigenvalue weighted by Crippen LogP contribution is -2.43. The van der Waals surface area contributed by atoms with Crippen LogP contribution in [0.4, 0.5) is 0 Å². The van der Waals surface area contributed by atoms with Crippen molar-refractivity contribution in [3.8, 4) is 0 Å². The van der Waals surface area contributed by atoms with Crippen LogP contribution < -0.4 is 5.73 Å². The number of sulfone groups is 1. The zero-order valence-electron chi connectivity index (χ0n) is 13.2. The Bertz CT molecular complexity index is 440. The highest BCUT2D eigenvalue weighted by molar-refractivity contribution is 7.92. The van der Waals surface area contributed by atoms with E-state index in [-0.39, 0.29) is 18.0 Å². The van der Waals surface area contributed by atoms with Gasteiger partial charge in [-0.2, -0.15) is 0 Å². The van der Waals surface area contributed by atoms with E-state index in [9.17, 15) is 13.2 Å². The van der Waals surface area contributed by atoms with E-state index in [1.807, 2.05) is 0 Å². The molecule has 1 saturated carbocycles. The van der Waals surface area contributed by atoms with Gasteiger partial charge in [0.1, 0.15) is 5.78 Å². The Kier molecular flexibility index (Phi) is 5.41. The van der Waals surface area contributed by atoms with E-state index in [0.717, 1.165) is 25.7 Å². The van der Waals surface area contributed by atoms with Gasteiger partial charge in [-0.25, -0.2) is 8.42 Å². The minimum atomic E-state index is -3.24. The summed E-state index contributed by atoms with van der Waals surface area (Å²) in [5.74, 6) is 0.618. The zero-order valence-corrected chi connectivity index (χ0v) is 14.1. The maximum atomic E-state index is 12.5. The summed E-state index contributed by atoms with van der Waals surface area (Å²) in [7, 11) is -3.24. The average molecular weight is 303 g/mol. The van der Waals surface area contributed by atoms with Gasteiger partial charge >= 0.3 is 0 Å². The van der Waals surface area contributed by atoms with Crippen molar-refractivity contribution in [2.75, 3.05) is 12.3 Å². The molecule has 0 aromatic heterocycles. The Hall–Kier alpha value is -0.420. The van der Waals surface area contributed by atoms with E-state index in [2.05, 4.69) is 6.92 Å². The number of hydrogen-bond acceptors (Lipinski definition) is 4. The van der Waals surface area contributed by atoms with E-state index < -0.39 is 20.0 Å². The monoisotopic (exact) mass is 303 g/mol. The summed E-state index contributed by atoms with van der Waals surface area (Å²) in [6.45, 7) is 7.55. The van der Waals surface area contributed by atoms with Crippen molar-refractivity contribution in [1.82, 2.24) is 0 Å². The highest BCUT2D eigenvalue weighted by Crippen LogP contribution is 2.39. The second-order valence-electron chi connectivity index (χ2n) is 7.27. The second kappa shape index (κ2) is 6.14. The van der Waals surface area contributed by atoms with Crippen LogP contribution in [0.3, 0.4) is 0 Å². The largest absolute Gasteiger partial charge is 0.329 e. The summed E-state index contributed by atoms with van der Waals surface area (Å²) in [6.07, 6.45) is 3.73. The van der Waals surface area contributed by atoms with E-state index >= 15 is 0 Å². The quantitative estimate of drug-likeness (QED) is 0.845. The minimum Gasteiger partial charge on any atom is -0.329 e. The Labute approximate surface area is 123 Å². The van der Waals surface area contributed by atoms with Crippen molar-refractivity contribution in [2.24, 2.45) is 17.1 Å². The molecule has 0 aliphatic heterocycles. The van der Waals surface area contributed by atoms with Gasteiger partial charge in [0, 0.05) is 18.4 Å². The summed E-state index contributed by atoms with van der Waals surface area (Å²) in [4.78, 5) is 12.5. The number of hydrogen-bond donors (Lipinski definition) is 1. The molecule has 0 atom stereocenters. The molecular formula is C15H29NO3S. The van der Waals surface area contributed by atoms with Crippen LogP contribution >= 0.6 is 0 Å². The van der Waals surface area contributed by atoms with Gasteiger partial charge in [0.05, 0.1) is 10.5 Å². The lowest BCUT2D eigenvalue weighted by atomic mass is 9.68. The third kappa shape index (κ3) is 3.82. The summed E-state index contributed by atoms with van der Waals surface area (Å²) in [6, 6.07) is 0. The van der Waals surface area contributed by atoms with Gasteiger partial charge in [-0.15, -0.1) is 0 Å². The van der Waals surface area contributed by atoms with Crippen LogP contribution in [0.1, 0.15) is 59.8 Å². The highest BCUT2D eigenvalue weighted by Gasteiger charge is 2.40. The zero-order chi connectivity index (χ0) is 15.6. The van der Waals surface area contributed by atoms with E-state index in [1.165, 1.54) is 0 Å². The van der Waals surface area contributed by atoms with Crippen LogP contribution in [0.15, 0.2) is 0 Å². The van der Waals surface area contributed by atoms with Gasteiger partial charge in [-0.3, -0.25) is 4.79 Å². The smallest absolute Gasteiger partial charge is 0.155 e. The number of rotatable bonds is 5. The molecule has 0 spiro atoms. The third-order valence-electron chi connectivity index (χ3n) is 4.74. The minimum absolute atomic E-state index is 0.0414. The summed E-state index contributed by atoms with van der Waals surface area (Å²) < 4.78 is 23.4. The molecule has 5 heteroatoms. The van der Waals surface area contributed by atoms with Crippen LogP contribution in [-0.4, -0.2) is 31.2 Å². The highest BCUT2D eigenvalue weighted by atomic mass is 32.2. The van der Waals surface area contributed by atoms with Crippen LogP contribution in [-0.2, 0) is 14.6 Å². The van der Waals surface area contributed by atoms with Gasteiger partial charge in [0.25, 0.3) is 0 Å². The molecule has 0 radical (unpaired) electrons. The van der Waals surface area contributed by atoms with Crippen LogP contribution in [0, 0.1) is 11.3 Å². The SMILES string of the molecule is CC1CCC(CN)(C(=O)CCS(=O)(=O)C(C)(C)C)CC1. The normalized spacial score (nSPS) is 28.4. The number of nitrogens with two attached hydrogens (primary N) is 1.